The summed E-state index contributed by atoms with van der Waals surface area (Å²) in [7, 11) is 4.00. The van der Waals surface area contributed by atoms with Crippen molar-refractivity contribution in [1.29, 1.82) is 0 Å². The van der Waals surface area contributed by atoms with Gasteiger partial charge in [0.05, 0.1) is 32.6 Å². The molecule has 2 aromatic carbocycles. The van der Waals surface area contributed by atoms with Gasteiger partial charge in [-0.2, -0.15) is 0 Å². The van der Waals surface area contributed by atoms with Crippen molar-refractivity contribution in [2.45, 2.75) is 18.4 Å². The summed E-state index contributed by atoms with van der Waals surface area (Å²) in [5, 5.41) is 16.1. The Morgan fingerprint density at radius 3 is 2.27 bits per heavy atom. The van der Waals surface area contributed by atoms with Crippen LogP contribution in [0.25, 0.3) is 21.6 Å². The first kappa shape index (κ1) is 22.6. The molecular formula is C24H28N5O4+. The number of rotatable bonds is 8. The second-order valence-electron chi connectivity index (χ2n) is 9.56. The van der Waals surface area contributed by atoms with E-state index in [4.69, 9.17) is 10.3 Å². The van der Waals surface area contributed by atoms with Crippen LogP contribution in [0, 0.1) is 5.41 Å². The summed E-state index contributed by atoms with van der Waals surface area (Å²) in [5.74, 6) is -1.23. The van der Waals surface area contributed by atoms with E-state index in [1.807, 2.05) is 50.5 Å². The van der Waals surface area contributed by atoms with Crippen molar-refractivity contribution < 1.29 is 23.9 Å². The monoisotopic (exact) mass is 450 g/mol. The van der Waals surface area contributed by atoms with Crippen molar-refractivity contribution in [3.05, 3.63) is 70.1 Å². The summed E-state index contributed by atoms with van der Waals surface area (Å²) in [6, 6.07) is 14.9. The quantitative estimate of drug-likeness (QED) is 0.275. The molecule has 2 N–H and O–H groups in total. The minimum Gasteiger partial charge on any atom is -0.480 e. The molecule has 1 saturated heterocycles. The summed E-state index contributed by atoms with van der Waals surface area (Å²) in [4.78, 5) is 27.6. The molecule has 2 aliphatic rings. The molecule has 0 radical (unpaired) electrons. The van der Waals surface area contributed by atoms with Gasteiger partial charge in [-0.25, -0.2) is 9.59 Å². The van der Waals surface area contributed by atoms with Gasteiger partial charge in [-0.15, -0.1) is 0 Å². The maximum Gasteiger partial charge on any atom is 0.407 e. The number of carboxylic acids is 1. The van der Waals surface area contributed by atoms with E-state index in [0.29, 0.717) is 24.0 Å². The molecule has 0 aromatic heterocycles. The number of carbonyl (C=O) groups is 2. The van der Waals surface area contributed by atoms with Crippen molar-refractivity contribution in [2.75, 3.05) is 40.3 Å². The van der Waals surface area contributed by atoms with Gasteiger partial charge in [0.25, 0.3) is 0 Å². The number of fused-ring (bicyclic) bond motifs is 3. The van der Waals surface area contributed by atoms with E-state index >= 15 is 0 Å². The lowest BCUT2D eigenvalue weighted by molar-refractivity contribution is -0.950. The maximum absolute atomic E-state index is 12.7. The first-order chi connectivity index (χ1) is 15.8. The predicted molar refractivity (Wildman–Crippen MR) is 123 cm³/mol. The zero-order chi connectivity index (χ0) is 23.6. The summed E-state index contributed by atoms with van der Waals surface area (Å²) in [6.07, 6.45) is -0.385. The molecule has 33 heavy (non-hydrogen) atoms. The third-order valence-corrected chi connectivity index (χ3v) is 6.72. The highest BCUT2D eigenvalue weighted by atomic mass is 16.5. The van der Waals surface area contributed by atoms with Gasteiger partial charge in [-0.3, -0.25) is 0 Å². The average Bonchev–Trinajstić information content (AvgIpc) is 3.08. The molecule has 1 aliphatic heterocycles. The minimum atomic E-state index is -1.13. The number of aliphatic carboxylic acids is 1. The Morgan fingerprint density at radius 1 is 1.18 bits per heavy atom. The summed E-state index contributed by atoms with van der Waals surface area (Å²) >= 11 is 0. The average molecular weight is 451 g/mol. The Labute approximate surface area is 192 Å². The first-order valence-electron chi connectivity index (χ1n) is 10.9. The van der Waals surface area contributed by atoms with Gasteiger partial charge < -0.3 is 19.6 Å². The van der Waals surface area contributed by atoms with Crippen molar-refractivity contribution in [1.82, 2.24) is 5.32 Å². The van der Waals surface area contributed by atoms with Gasteiger partial charge in [0, 0.05) is 17.4 Å². The van der Waals surface area contributed by atoms with Crippen LogP contribution < -0.4 is 5.32 Å². The number of ether oxygens (including phenoxy) is 1. The van der Waals surface area contributed by atoms with Gasteiger partial charge in [0.15, 0.2) is 0 Å². The van der Waals surface area contributed by atoms with E-state index in [1.54, 1.807) is 0 Å². The first-order valence-corrected chi connectivity index (χ1v) is 10.9. The molecule has 9 nitrogen and oxygen atoms in total. The molecule has 1 aliphatic carbocycles. The van der Waals surface area contributed by atoms with Crippen LogP contribution in [0.1, 0.15) is 23.5 Å². The SMILES string of the molecule is C[N+]1(C)CC(CCN=[N+]=[N-])([C@@H](NC(=O)OCC2c3ccccc3-c3ccccc32)C(=O)O)C1. The predicted octanol–water partition coefficient (Wildman–Crippen LogP) is 3.76. The fourth-order valence-corrected chi connectivity index (χ4v) is 5.70. The zero-order valence-electron chi connectivity index (χ0n) is 18.8. The number of carbonyl (C=O) groups excluding carboxylic acids is 1. The Bertz CT molecular complexity index is 1070. The number of alkyl carbamates (subject to hydrolysis) is 1. The van der Waals surface area contributed by atoms with Crippen LogP contribution >= 0.6 is 0 Å². The van der Waals surface area contributed by atoms with E-state index in [2.05, 4.69) is 27.5 Å². The lowest BCUT2D eigenvalue weighted by atomic mass is 9.69. The lowest BCUT2D eigenvalue weighted by Gasteiger charge is -2.55. The summed E-state index contributed by atoms with van der Waals surface area (Å²) in [6.45, 7) is 1.38. The number of nitrogens with zero attached hydrogens (tertiary/aromatic N) is 4. The number of carboxylic acid groups (broad SMARTS) is 1. The van der Waals surface area contributed by atoms with E-state index < -0.39 is 23.5 Å². The van der Waals surface area contributed by atoms with Gasteiger partial charge in [-0.05, 0) is 34.2 Å². The molecule has 4 rings (SSSR count). The molecule has 1 amide bonds. The number of hydrogen-bond acceptors (Lipinski definition) is 4. The molecule has 0 spiro atoms. The third-order valence-electron chi connectivity index (χ3n) is 6.72. The molecule has 0 bridgehead atoms. The molecule has 0 saturated carbocycles. The molecule has 1 fully saturated rings. The Kier molecular flexibility index (Phi) is 6.01. The maximum atomic E-state index is 12.7. The highest BCUT2D eigenvalue weighted by Crippen LogP contribution is 2.45. The fraction of sp³-hybridized carbons (Fsp3) is 0.417. The number of nitrogens with one attached hydrogen (secondary N) is 1. The fourth-order valence-electron chi connectivity index (χ4n) is 5.70. The van der Waals surface area contributed by atoms with Gasteiger partial charge in [0.1, 0.15) is 12.6 Å². The Hall–Kier alpha value is -3.55. The number of likely N-dealkylation sites (tertiary alicyclic amines) is 1. The van der Waals surface area contributed by atoms with E-state index in [0.717, 1.165) is 22.3 Å². The van der Waals surface area contributed by atoms with Crippen molar-refractivity contribution in [3.8, 4) is 11.1 Å². The molecule has 0 unspecified atom stereocenters. The summed E-state index contributed by atoms with van der Waals surface area (Å²) in [5.41, 5.74) is 12.3. The number of azide groups is 1. The lowest BCUT2D eigenvalue weighted by Crippen LogP contribution is -2.73. The summed E-state index contributed by atoms with van der Waals surface area (Å²) < 4.78 is 6.19. The molecule has 172 valence electrons. The molecule has 9 heteroatoms. The zero-order valence-corrected chi connectivity index (χ0v) is 18.8. The molecule has 2 aromatic rings. The van der Waals surface area contributed by atoms with Gasteiger partial charge in [0.2, 0.25) is 0 Å². The van der Waals surface area contributed by atoms with E-state index in [9.17, 15) is 14.7 Å². The molecule has 1 heterocycles. The van der Waals surface area contributed by atoms with E-state index in [1.165, 1.54) is 0 Å². The topological polar surface area (TPSA) is 124 Å². The smallest absolute Gasteiger partial charge is 0.407 e. The Morgan fingerprint density at radius 2 is 1.76 bits per heavy atom. The van der Waals surface area contributed by atoms with Crippen LogP contribution in [0.2, 0.25) is 0 Å². The van der Waals surface area contributed by atoms with Gasteiger partial charge >= 0.3 is 12.1 Å². The highest BCUT2D eigenvalue weighted by Gasteiger charge is 2.59. The van der Waals surface area contributed by atoms with Crippen LogP contribution in [0.5, 0.6) is 0 Å². The number of hydrogen-bond donors (Lipinski definition) is 2. The van der Waals surface area contributed by atoms with Gasteiger partial charge in [-0.1, -0.05) is 53.6 Å². The van der Waals surface area contributed by atoms with Crippen molar-refractivity contribution in [3.63, 3.8) is 0 Å². The minimum absolute atomic E-state index is 0.107. The standard InChI is InChI=1S/C24H27N5O4/c1-29(2)14-24(15-29,11-12-26-28-25)21(22(30)31)27-23(32)33-13-20-18-9-5-3-7-16(18)17-8-4-6-10-19(17)20/h3-10,20-21H,11-15H2,1-2H3,(H-,27,30,31,32)/p+1/t21-/m0/s1. The van der Waals surface area contributed by atoms with Crippen LogP contribution in [-0.4, -0.2) is 68.0 Å². The largest absolute Gasteiger partial charge is 0.480 e. The normalized spacial score (nSPS) is 18.1. The molecular weight excluding hydrogens is 422 g/mol. The second-order valence-corrected chi connectivity index (χ2v) is 9.56. The molecule has 1 atom stereocenters. The highest BCUT2D eigenvalue weighted by molar-refractivity contribution is 5.82. The number of quaternary nitrogens is 1. The van der Waals surface area contributed by atoms with Crippen LogP contribution in [0.3, 0.4) is 0 Å². The van der Waals surface area contributed by atoms with Crippen LogP contribution in [-0.2, 0) is 9.53 Å². The van der Waals surface area contributed by atoms with E-state index in [-0.39, 0.29) is 19.1 Å². The second kappa shape index (κ2) is 8.77. The van der Waals surface area contributed by atoms with Crippen LogP contribution in [0.4, 0.5) is 4.79 Å². The van der Waals surface area contributed by atoms with Crippen molar-refractivity contribution >= 4 is 12.1 Å². The third kappa shape index (κ3) is 4.37. The number of amides is 1. The Balaban J connectivity index is 1.47. The van der Waals surface area contributed by atoms with Crippen molar-refractivity contribution in [2.24, 2.45) is 10.5 Å². The number of benzene rings is 2. The van der Waals surface area contributed by atoms with Crippen LogP contribution in [0.15, 0.2) is 53.6 Å².